The molecule has 0 aromatic carbocycles. The largest absolute Gasteiger partial charge is 0.444 e. The summed E-state index contributed by atoms with van der Waals surface area (Å²) in [5.41, 5.74) is -0.799. The molecule has 0 bridgehead atoms. The summed E-state index contributed by atoms with van der Waals surface area (Å²) < 4.78 is 32.6. The molecule has 4 fully saturated rings. The van der Waals surface area contributed by atoms with E-state index in [0.717, 1.165) is 83.8 Å². The van der Waals surface area contributed by atoms with Gasteiger partial charge in [-0.25, -0.2) is 9.59 Å². The Labute approximate surface area is 290 Å². The van der Waals surface area contributed by atoms with Gasteiger partial charge in [-0.2, -0.15) is 0 Å². The highest BCUT2D eigenvalue weighted by atomic mass is 16.7. The number of ether oxygens (including phenoxy) is 6. The number of carbonyl (C=O) groups is 3. The summed E-state index contributed by atoms with van der Waals surface area (Å²) in [6, 6.07) is 0. The van der Waals surface area contributed by atoms with Crippen LogP contribution >= 0.6 is 0 Å². The first kappa shape index (κ1) is 42.0. The Morgan fingerprint density at radius 3 is 1.65 bits per heavy atom. The maximum atomic E-state index is 12.0. The molecule has 0 aliphatic carbocycles. The van der Waals surface area contributed by atoms with Crippen molar-refractivity contribution in [3.8, 4) is 0 Å². The van der Waals surface area contributed by atoms with Crippen LogP contribution in [0.2, 0.25) is 0 Å². The molecule has 0 spiro atoms. The highest BCUT2D eigenvalue weighted by molar-refractivity contribution is 5.69. The van der Waals surface area contributed by atoms with Crippen LogP contribution < -0.4 is 0 Å². The van der Waals surface area contributed by atoms with E-state index in [2.05, 4.69) is 19.1 Å². The average Bonchev–Trinajstić information content (AvgIpc) is 3.80. The first-order chi connectivity index (χ1) is 22.5. The van der Waals surface area contributed by atoms with Crippen LogP contribution in [-0.4, -0.2) is 104 Å². The van der Waals surface area contributed by atoms with Crippen molar-refractivity contribution in [1.82, 2.24) is 9.80 Å². The lowest BCUT2D eigenvalue weighted by atomic mass is 10.1. The number of hydrogen-bond acceptors (Lipinski definition) is 9. The Hall–Kier alpha value is -2.21. The second kappa shape index (κ2) is 19.8. The molecule has 48 heavy (non-hydrogen) atoms. The first-order valence-electron chi connectivity index (χ1n) is 18.1. The third-order valence-electron chi connectivity index (χ3n) is 8.55. The Kier molecular flexibility index (Phi) is 17.3. The van der Waals surface area contributed by atoms with Crippen LogP contribution in [0.1, 0.15) is 120 Å². The first-order valence-corrected chi connectivity index (χ1v) is 18.1. The molecular weight excluding hydrogens is 616 g/mol. The molecule has 278 valence electrons. The number of likely N-dealkylation sites (tertiary alicyclic amines) is 2. The van der Waals surface area contributed by atoms with Gasteiger partial charge in [0.15, 0.2) is 11.6 Å². The summed E-state index contributed by atoms with van der Waals surface area (Å²) in [6.45, 7) is 23.5. The van der Waals surface area contributed by atoms with Gasteiger partial charge < -0.3 is 43.0 Å². The summed E-state index contributed by atoms with van der Waals surface area (Å²) >= 11 is 0. The molecule has 0 aromatic rings. The topological polar surface area (TPSA) is 113 Å². The van der Waals surface area contributed by atoms with Crippen molar-refractivity contribution in [2.45, 2.75) is 143 Å². The van der Waals surface area contributed by atoms with Crippen LogP contribution in [0.15, 0.2) is 12.2 Å². The fraction of sp³-hybridized carbons (Fsp3) is 0.865. The van der Waals surface area contributed by atoms with E-state index in [1.165, 1.54) is 0 Å². The van der Waals surface area contributed by atoms with Crippen LogP contribution in [0, 0.1) is 11.8 Å². The highest BCUT2D eigenvalue weighted by Gasteiger charge is 2.32. The zero-order chi connectivity index (χ0) is 35.8. The predicted molar refractivity (Wildman–Crippen MR) is 186 cm³/mol. The van der Waals surface area contributed by atoms with Gasteiger partial charge in [-0.3, -0.25) is 0 Å². The molecule has 4 aliphatic heterocycles. The maximum absolute atomic E-state index is 12.0. The van der Waals surface area contributed by atoms with E-state index in [9.17, 15) is 14.4 Å². The Bertz CT molecular complexity index is 992. The summed E-state index contributed by atoms with van der Waals surface area (Å²) in [7, 11) is 0. The van der Waals surface area contributed by atoms with Crippen molar-refractivity contribution in [2.75, 3.05) is 52.6 Å². The summed E-state index contributed by atoms with van der Waals surface area (Å²) in [5.74, 6) is 0.317. The second-order valence-corrected chi connectivity index (χ2v) is 15.5. The molecule has 0 aromatic heterocycles. The molecule has 4 heterocycles. The van der Waals surface area contributed by atoms with Gasteiger partial charge in [0.2, 0.25) is 0 Å². The number of rotatable bonds is 10. The zero-order valence-corrected chi connectivity index (χ0v) is 31.5. The molecule has 0 unspecified atom stereocenters. The Morgan fingerprint density at radius 2 is 1.21 bits per heavy atom. The fourth-order valence-corrected chi connectivity index (χ4v) is 5.83. The molecule has 11 heteroatoms. The zero-order valence-electron chi connectivity index (χ0n) is 31.5. The predicted octanol–water partition coefficient (Wildman–Crippen LogP) is 7.50. The lowest BCUT2D eigenvalue weighted by molar-refractivity contribution is -0.148. The van der Waals surface area contributed by atoms with Crippen LogP contribution in [0.5, 0.6) is 0 Å². The smallest absolute Gasteiger partial charge is 0.410 e. The minimum Gasteiger partial charge on any atom is -0.444 e. The molecule has 4 aliphatic rings. The summed E-state index contributed by atoms with van der Waals surface area (Å²) in [6.07, 6.45) is 13.6. The van der Waals surface area contributed by atoms with Crippen molar-refractivity contribution in [1.29, 1.82) is 0 Å². The van der Waals surface area contributed by atoms with Gasteiger partial charge in [0, 0.05) is 45.4 Å². The van der Waals surface area contributed by atoms with Crippen molar-refractivity contribution >= 4 is 18.5 Å². The van der Waals surface area contributed by atoms with Gasteiger partial charge in [-0.05, 0) is 99.3 Å². The second-order valence-electron chi connectivity index (χ2n) is 15.5. The van der Waals surface area contributed by atoms with Gasteiger partial charge in [0.25, 0.3) is 0 Å². The Morgan fingerprint density at radius 1 is 0.750 bits per heavy atom. The minimum absolute atomic E-state index is 0.159. The third-order valence-corrected chi connectivity index (χ3v) is 8.55. The van der Waals surface area contributed by atoms with E-state index in [1.54, 1.807) is 0 Å². The number of hydrogen-bond donors (Lipinski definition) is 0. The summed E-state index contributed by atoms with van der Waals surface area (Å²) in [5, 5.41) is 0. The van der Waals surface area contributed by atoms with Gasteiger partial charge in [0.05, 0.1) is 26.4 Å². The fourth-order valence-electron chi connectivity index (χ4n) is 5.83. The molecule has 2 amide bonds. The number of amides is 2. The maximum Gasteiger partial charge on any atom is 0.410 e. The SMILES string of the molecule is CC(C)(C)OC(=O)N1CC[C@@H](C=CCCCC2(C)OCCO2)C1.CC1(CCCC=O)OCCO1.CC[C@@H]1CCN(C(=O)OC(C)(C)C)C1. The molecule has 0 N–H and O–H groups in total. The van der Waals surface area contributed by atoms with E-state index in [1.807, 2.05) is 65.2 Å². The monoisotopic (exact) mass is 682 g/mol. The molecule has 2 atom stereocenters. The number of nitrogens with zero attached hydrogens (tertiary/aromatic N) is 2. The third kappa shape index (κ3) is 16.9. The standard InChI is InChI=1S/C18H31NO4.C11H21NO2.C8H14O3/c1-17(2,3)23-16(20)19-11-9-15(14-19)8-6-5-7-10-18(4)21-12-13-22-18;1-5-9-6-7-12(8-9)10(13)14-11(2,3)4;1-8(4-2-3-5-9)10-6-7-11-8/h6,8,15H,5,7,9-14H2,1-4H3;9H,5-8H2,1-4H3;5H,2-4,6-7H2,1H3/t15-;9-;/m11./s1. The van der Waals surface area contributed by atoms with Gasteiger partial charge >= 0.3 is 12.2 Å². The van der Waals surface area contributed by atoms with Crippen molar-refractivity contribution in [3.63, 3.8) is 0 Å². The van der Waals surface area contributed by atoms with Crippen LogP contribution in [0.4, 0.5) is 9.59 Å². The number of carbonyl (C=O) groups excluding carboxylic acids is 3. The lowest BCUT2D eigenvalue weighted by Gasteiger charge is -2.24. The van der Waals surface area contributed by atoms with E-state index >= 15 is 0 Å². The van der Waals surface area contributed by atoms with E-state index in [0.29, 0.717) is 44.7 Å². The normalized spacial score (nSPS) is 23.4. The van der Waals surface area contributed by atoms with E-state index in [4.69, 9.17) is 28.4 Å². The Balaban J connectivity index is 0.000000273. The molecular formula is C37H66N2O9. The van der Waals surface area contributed by atoms with Gasteiger partial charge in [0.1, 0.15) is 17.5 Å². The average molecular weight is 683 g/mol. The van der Waals surface area contributed by atoms with Crippen molar-refractivity contribution in [2.24, 2.45) is 11.8 Å². The number of aldehydes is 1. The van der Waals surface area contributed by atoms with Crippen LogP contribution in [-0.2, 0) is 33.2 Å². The van der Waals surface area contributed by atoms with E-state index in [-0.39, 0.29) is 23.6 Å². The summed E-state index contributed by atoms with van der Waals surface area (Å²) in [4.78, 5) is 37.3. The molecule has 4 rings (SSSR count). The van der Waals surface area contributed by atoms with Gasteiger partial charge in [-0.15, -0.1) is 0 Å². The number of unbranched alkanes of at least 4 members (excludes halogenated alkanes) is 2. The molecule has 11 nitrogen and oxygen atoms in total. The molecule has 4 saturated heterocycles. The minimum atomic E-state index is -0.425. The lowest BCUT2D eigenvalue weighted by Crippen LogP contribution is -2.35. The van der Waals surface area contributed by atoms with Crippen molar-refractivity contribution < 1.29 is 42.8 Å². The van der Waals surface area contributed by atoms with Crippen molar-refractivity contribution in [3.05, 3.63) is 12.2 Å². The van der Waals surface area contributed by atoms with E-state index < -0.39 is 11.4 Å². The van der Waals surface area contributed by atoms with Crippen LogP contribution in [0.3, 0.4) is 0 Å². The highest BCUT2D eigenvalue weighted by Crippen LogP contribution is 2.26. The molecule has 0 saturated carbocycles. The van der Waals surface area contributed by atoms with Crippen LogP contribution in [0.25, 0.3) is 0 Å². The quantitative estimate of drug-likeness (QED) is 0.131. The molecule has 0 radical (unpaired) electrons. The number of allylic oxidation sites excluding steroid dienone is 1. The van der Waals surface area contributed by atoms with Gasteiger partial charge in [-0.1, -0.05) is 25.5 Å².